The first-order valence-electron chi connectivity index (χ1n) is 11.2. The van der Waals surface area contributed by atoms with Crippen molar-refractivity contribution in [1.82, 2.24) is 14.8 Å². The van der Waals surface area contributed by atoms with E-state index in [1.54, 1.807) is 12.3 Å². The largest absolute Gasteiger partial charge is 0.343 e. The number of benzene rings is 1. The molecule has 1 spiro atoms. The molecule has 5 heteroatoms. The zero-order valence-corrected chi connectivity index (χ0v) is 18.0. The van der Waals surface area contributed by atoms with E-state index in [0.717, 1.165) is 45.4 Å². The Balaban J connectivity index is 1.50. The Hall–Kier alpha value is -2.69. The van der Waals surface area contributed by atoms with Crippen LogP contribution in [0.1, 0.15) is 67.1 Å². The molecule has 30 heavy (non-hydrogen) atoms. The van der Waals surface area contributed by atoms with Gasteiger partial charge in [0.25, 0.3) is 5.91 Å². The van der Waals surface area contributed by atoms with Crippen molar-refractivity contribution in [2.75, 3.05) is 26.2 Å². The zero-order valence-electron chi connectivity index (χ0n) is 18.0. The average molecular weight is 406 g/mol. The zero-order chi connectivity index (χ0) is 21.1. The lowest BCUT2D eigenvalue weighted by Gasteiger charge is -2.40. The average Bonchev–Trinajstić information content (AvgIpc) is 3.08. The highest BCUT2D eigenvalue weighted by Gasteiger charge is 2.46. The molecular formula is C25H31N3O2. The van der Waals surface area contributed by atoms with E-state index in [9.17, 15) is 9.59 Å². The molecule has 1 aromatic heterocycles. The molecule has 2 heterocycles. The van der Waals surface area contributed by atoms with Gasteiger partial charge in [-0.25, -0.2) is 0 Å². The predicted molar refractivity (Wildman–Crippen MR) is 117 cm³/mol. The maximum absolute atomic E-state index is 12.8. The fraction of sp³-hybridized carbons (Fsp3) is 0.480. The molecule has 1 fully saturated rings. The van der Waals surface area contributed by atoms with Crippen molar-refractivity contribution in [1.29, 1.82) is 0 Å². The van der Waals surface area contributed by atoms with Gasteiger partial charge in [-0.05, 0) is 67.7 Å². The molecular weight excluding hydrogens is 374 g/mol. The first-order valence-corrected chi connectivity index (χ1v) is 11.2. The van der Waals surface area contributed by atoms with Gasteiger partial charge in [-0.15, -0.1) is 0 Å². The highest BCUT2D eigenvalue weighted by molar-refractivity contribution is 5.92. The highest BCUT2D eigenvalue weighted by atomic mass is 16.2. The molecule has 1 saturated heterocycles. The molecule has 0 radical (unpaired) electrons. The molecule has 1 aliphatic heterocycles. The van der Waals surface area contributed by atoms with Crippen LogP contribution in [0.25, 0.3) is 0 Å². The van der Waals surface area contributed by atoms with Gasteiger partial charge in [0, 0.05) is 38.8 Å². The van der Waals surface area contributed by atoms with Crippen molar-refractivity contribution in [2.45, 2.75) is 50.9 Å². The van der Waals surface area contributed by atoms with Crippen molar-refractivity contribution in [3.8, 4) is 0 Å². The Morgan fingerprint density at radius 2 is 1.77 bits per heavy atom. The van der Waals surface area contributed by atoms with Gasteiger partial charge in [-0.1, -0.05) is 30.3 Å². The predicted octanol–water partition coefficient (Wildman–Crippen LogP) is 4.00. The number of hydrogen-bond acceptors (Lipinski definition) is 3. The fourth-order valence-corrected chi connectivity index (χ4v) is 5.39. The summed E-state index contributed by atoms with van der Waals surface area (Å²) < 4.78 is 0. The third-order valence-electron chi connectivity index (χ3n) is 7.04. The van der Waals surface area contributed by atoms with Crippen LogP contribution >= 0.6 is 0 Å². The van der Waals surface area contributed by atoms with Gasteiger partial charge in [-0.3, -0.25) is 14.6 Å². The van der Waals surface area contributed by atoms with Gasteiger partial charge in [0.1, 0.15) is 5.69 Å². The standard InChI is InChI=1S/C25H31N3O2/c1-3-27(4-2)23(29)17-19-18-25(21-10-6-5-9-20(19)21)12-15-28(16-13-25)24(30)22-11-7-8-14-26-22/h5-11,14,19H,3-4,12-13,15-18H2,1-2H3/t19-/m1/s1. The number of likely N-dealkylation sites (tertiary alicyclic amines) is 1. The third-order valence-corrected chi connectivity index (χ3v) is 7.04. The van der Waals surface area contributed by atoms with Crippen LogP contribution in [0.2, 0.25) is 0 Å². The molecule has 1 atom stereocenters. The monoisotopic (exact) mass is 405 g/mol. The Kier molecular flexibility index (Phi) is 5.89. The van der Waals surface area contributed by atoms with E-state index in [2.05, 4.69) is 29.2 Å². The molecule has 2 aromatic rings. The second-order valence-electron chi connectivity index (χ2n) is 8.55. The van der Waals surface area contributed by atoms with Crippen LogP contribution < -0.4 is 0 Å². The van der Waals surface area contributed by atoms with Gasteiger partial charge < -0.3 is 9.80 Å². The minimum atomic E-state index is 0.0185. The van der Waals surface area contributed by atoms with E-state index < -0.39 is 0 Å². The van der Waals surface area contributed by atoms with E-state index >= 15 is 0 Å². The number of rotatable bonds is 5. The summed E-state index contributed by atoms with van der Waals surface area (Å²) in [6.07, 6.45) is 5.14. The number of amides is 2. The highest BCUT2D eigenvalue weighted by Crippen LogP contribution is 2.52. The summed E-state index contributed by atoms with van der Waals surface area (Å²) in [4.78, 5) is 33.7. The van der Waals surface area contributed by atoms with Gasteiger partial charge in [0.05, 0.1) is 0 Å². The summed E-state index contributed by atoms with van der Waals surface area (Å²) in [7, 11) is 0. The van der Waals surface area contributed by atoms with Crippen molar-refractivity contribution in [3.05, 3.63) is 65.5 Å². The number of carbonyl (C=O) groups excluding carboxylic acids is 2. The Labute approximate surface area is 179 Å². The van der Waals surface area contributed by atoms with Crippen LogP contribution in [0.5, 0.6) is 0 Å². The quantitative estimate of drug-likeness (QED) is 0.755. The number of piperidine rings is 1. The number of carbonyl (C=O) groups is 2. The van der Waals surface area contributed by atoms with Crippen LogP contribution in [0.3, 0.4) is 0 Å². The van der Waals surface area contributed by atoms with E-state index in [1.807, 2.05) is 35.8 Å². The Bertz CT molecular complexity index is 900. The first kappa shape index (κ1) is 20.6. The summed E-state index contributed by atoms with van der Waals surface area (Å²) in [5, 5.41) is 0. The Morgan fingerprint density at radius 1 is 1.07 bits per heavy atom. The van der Waals surface area contributed by atoms with E-state index in [0.29, 0.717) is 12.1 Å². The van der Waals surface area contributed by atoms with Crippen LogP contribution in [-0.4, -0.2) is 52.8 Å². The number of fused-ring (bicyclic) bond motifs is 2. The topological polar surface area (TPSA) is 53.5 Å². The lowest BCUT2D eigenvalue weighted by molar-refractivity contribution is -0.131. The lowest BCUT2D eigenvalue weighted by Crippen LogP contribution is -2.44. The van der Waals surface area contributed by atoms with Crippen molar-refractivity contribution in [3.63, 3.8) is 0 Å². The minimum absolute atomic E-state index is 0.0185. The molecule has 2 amide bonds. The second-order valence-corrected chi connectivity index (χ2v) is 8.55. The molecule has 5 nitrogen and oxygen atoms in total. The lowest BCUT2D eigenvalue weighted by atomic mass is 9.73. The van der Waals surface area contributed by atoms with Gasteiger partial charge in [0.2, 0.25) is 5.91 Å². The summed E-state index contributed by atoms with van der Waals surface area (Å²) in [6, 6.07) is 14.1. The molecule has 158 valence electrons. The maximum atomic E-state index is 12.8. The molecule has 0 unspecified atom stereocenters. The first-order chi connectivity index (χ1) is 14.6. The van der Waals surface area contributed by atoms with Gasteiger partial charge >= 0.3 is 0 Å². The number of nitrogens with zero attached hydrogens (tertiary/aromatic N) is 3. The number of hydrogen-bond donors (Lipinski definition) is 0. The van der Waals surface area contributed by atoms with Crippen LogP contribution in [0.15, 0.2) is 48.7 Å². The van der Waals surface area contributed by atoms with Crippen LogP contribution in [0, 0.1) is 0 Å². The number of pyridine rings is 1. The van der Waals surface area contributed by atoms with E-state index in [4.69, 9.17) is 0 Å². The van der Waals surface area contributed by atoms with Crippen LogP contribution in [0.4, 0.5) is 0 Å². The second kappa shape index (κ2) is 8.58. The van der Waals surface area contributed by atoms with E-state index in [1.165, 1.54) is 11.1 Å². The summed E-state index contributed by atoms with van der Waals surface area (Å²) in [5.41, 5.74) is 3.32. The summed E-state index contributed by atoms with van der Waals surface area (Å²) in [5.74, 6) is 0.539. The molecule has 4 rings (SSSR count). The molecule has 0 bridgehead atoms. The van der Waals surface area contributed by atoms with Gasteiger partial charge in [0.15, 0.2) is 0 Å². The Morgan fingerprint density at radius 3 is 2.43 bits per heavy atom. The third kappa shape index (κ3) is 3.73. The van der Waals surface area contributed by atoms with Crippen LogP contribution in [-0.2, 0) is 10.2 Å². The molecule has 1 aliphatic carbocycles. The normalized spacial score (nSPS) is 19.5. The summed E-state index contributed by atoms with van der Waals surface area (Å²) in [6.45, 7) is 7.08. The van der Waals surface area contributed by atoms with Crippen molar-refractivity contribution in [2.24, 2.45) is 0 Å². The smallest absolute Gasteiger partial charge is 0.272 e. The molecule has 1 aromatic carbocycles. The van der Waals surface area contributed by atoms with Crippen molar-refractivity contribution >= 4 is 11.8 Å². The number of aromatic nitrogens is 1. The van der Waals surface area contributed by atoms with Gasteiger partial charge in [-0.2, -0.15) is 0 Å². The SMILES string of the molecule is CCN(CC)C(=O)C[C@@H]1CC2(CCN(C(=O)c3ccccn3)CC2)c2ccccc21. The fourth-order valence-electron chi connectivity index (χ4n) is 5.39. The van der Waals surface area contributed by atoms with Crippen molar-refractivity contribution < 1.29 is 9.59 Å². The summed E-state index contributed by atoms with van der Waals surface area (Å²) >= 11 is 0. The maximum Gasteiger partial charge on any atom is 0.272 e. The minimum Gasteiger partial charge on any atom is -0.343 e. The molecule has 0 N–H and O–H groups in total. The van der Waals surface area contributed by atoms with E-state index in [-0.39, 0.29) is 23.1 Å². The molecule has 2 aliphatic rings. The molecule has 0 saturated carbocycles.